The van der Waals surface area contributed by atoms with Gasteiger partial charge in [-0.25, -0.2) is 0 Å². The van der Waals surface area contributed by atoms with E-state index in [0.717, 1.165) is 0 Å². The Bertz CT molecular complexity index is 285. The van der Waals surface area contributed by atoms with Crippen molar-refractivity contribution in [2.24, 2.45) is 11.1 Å². The van der Waals surface area contributed by atoms with Crippen LogP contribution in [0.3, 0.4) is 0 Å². The first-order valence-electron chi connectivity index (χ1n) is 5.07. The summed E-state index contributed by atoms with van der Waals surface area (Å²) in [5, 5.41) is 3.11. The number of hydrogen-bond acceptors (Lipinski definition) is 3. The molecule has 1 rings (SSSR count). The molecule has 0 bridgehead atoms. The van der Waals surface area contributed by atoms with Crippen LogP contribution < -0.4 is 0 Å². The van der Waals surface area contributed by atoms with Gasteiger partial charge in [0.05, 0.1) is 0 Å². The lowest BCUT2D eigenvalue weighted by atomic mass is 10.0. The maximum absolute atomic E-state index is 12.3. The molecule has 3 nitrogen and oxygen atoms in total. The molecule has 1 aliphatic rings. The minimum absolute atomic E-state index is 0.154. The lowest BCUT2D eigenvalue weighted by Crippen LogP contribution is -2.41. The molecule has 1 aliphatic heterocycles. The van der Waals surface area contributed by atoms with Crippen LogP contribution in [0.5, 0.6) is 0 Å². The predicted octanol–water partition coefficient (Wildman–Crippen LogP) is 3.14. The highest BCUT2D eigenvalue weighted by Gasteiger charge is 2.42. The van der Waals surface area contributed by atoms with Crippen LogP contribution in [-0.4, -0.2) is 26.5 Å². The van der Waals surface area contributed by atoms with Crippen LogP contribution in [0.15, 0.2) is 5.16 Å². The van der Waals surface area contributed by atoms with Gasteiger partial charge in [-0.15, -0.1) is 0 Å². The van der Waals surface area contributed by atoms with Gasteiger partial charge in [-0.3, -0.25) is 0 Å². The molecule has 0 saturated carbocycles. The summed E-state index contributed by atoms with van der Waals surface area (Å²) in [6, 6.07) is 0. The zero-order valence-electron chi connectivity index (χ0n) is 9.76. The van der Waals surface area contributed by atoms with Gasteiger partial charge >= 0.3 is 6.18 Å². The molecule has 0 unspecified atom stereocenters. The van der Waals surface area contributed by atoms with Gasteiger partial charge in [-0.05, 0) is 19.6 Å². The minimum atomic E-state index is -4.40. The molecule has 0 N–H and O–H groups in total. The Morgan fingerprint density at radius 3 is 2.31 bits per heavy atom. The molecule has 94 valence electrons. The molecule has 0 saturated heterocycles. The molecule has 0 radical (unpaired) electrons. The molecular weight excluding hydrogens is 239 g/mol. The highest BCUT2D eigenvalue weighted by atomic mass is 28.4. The third kappa shape index (κ3) is 3.78. The Hall–Kier alpha value is -0.563. The lowest BCUT2D eigenvalue weighted by Gasteiger charge is -2.32. The molecule has 2 atom stereocenters. The maximum Gasteiger partial charge on any atom is 0.432 e. The standard InChI is InChI=1S/C9H16F3NO2Si/c1-6-5-7(9(10,11)12)13-14-8(6)15-16(2,3)4/h6,8H,5H2,1-4H3/t6-,8+/m0/s1. The molecule has 0 amide bonds. The average Bonchev–Trinajstić information content (AvgIpc) is 2.04. The van der Waals surface area contributed by atoms with Gasteiger partial charge in [-0.2, -0.15) is 13.2 Å². The highest BCUT2D eigenvalue weighted by Crippen LogP contribution is 2.29. The van der Waals surface area contributed by atoms with Gasteiger partial charge < -0.3 is 9.26 Å². The average molecular weight is 255 g/mol. The molecule has 7 heteroatoms. The number of nitrogens with zero attached hydrogens (tertiary/aromatic N) is 1. The second-order valence-electron chi connectivity index (χ2n) is 4.92. The third-order valence-corrected chi connectivity index (χ3v) is 2.98. The number of halogens is 3. The SMILES string of the molecule is C[C@H]1CC(C(F)(F)F)=NO[C@@H]1O[Si](C)(C)C. The first-order chi connectivity index (χ1) is 7.09. The Balaban J connectivity index is 2.67. The molecule has 0 aromatic carbocycles. The van der Waals surface area contributed by atoms with E-state index in [2.05, 4.69) is 5.16 Å². The predicted molar refractivity (Wildman–Crippen MR) is 56.6 cm³/mol. The van der Waals surface area contributed by atoms with Gasteiger partial charge in [0, 0.05) is 12.3 Å². The van der Waals surface area contributed by atoms with E-state index in [-0.39, 0.29) is 12.3 Å². The minimum Gasteiger partial charge on any atom is -0.382 e. The van der Waals surface area contributed by atoms with E-state index in [1.54, 1.807) is 6.92 Å². The number of oxime groups is 1. The van der Waals surface area contributed by atoms with Crippen LogP contribution in [0.25, 0.3) is 0 Å². The summed E-state index contributed by atoms with van der Waals surface area (Å²) in [5.41, 5.74) is -0.865. The van der Waals surface area contributed by atoms with Crippen LogP contribution in [-0.2, 0) is 9.26 Å². The van der Waals surface area contributed by atoms with E-state index >= 15 is 0 Å². The van der Waals surface area contributed by atoms with Crippen LogP contribution in [0.1, 0.15) is 13.3 Å². The molecule has 1 heterocycles. The van der Waals surface area contributed by atoms with E-state index in [1.165, 1.54) is 0 Å². The fraction of sp³-hybridized carbons (Fsp3) is 0.889. The molecular formula is C9H16F3NO2Si. The largest absolute Gasteiger partial charge is 0.432 e. The molecule has 16 heavy (non-hydrogen) atoms. The quantitative estimate of drug-likeness (QED) is 0.710. The first-order valence-corrected chi connectivity index (χ1v) is 8.48. The number of hydrogen-bond donors (Lipinski definition) is 0. The Morgan fingerprint density at radius 2 is 1.94 bits per heavy atom. The Kier molecular flexibility index (Phi) is 3.68. The van der Waals surface area contributed by atoms with E-state index < -0.39 is 26.5 Å². The second kappa shape index (κ2) is 4.36. The van der Waals surface area contributed by atoms with E-state index in [9.17, 15) is 13.2 Å². The summed E-state index contributed by atoms with van der Waals surface area (Å²) in [4.78, 5) is 4.79. The van der Waals surface area contributed by atoms with Crippen LogP contribution in [0.2, 0.25) is 19.6 Å². The van der Waals surface area contributed by atoms with Gasteiger partial charge in [0.2, 0.25) is 6.29 Å². The zero-order valence-corrected chi connectivity index (χ0v) is 10.8. The second-order valence-corrected chi connectivity index (χ2v) is 9.38. The topological polar surface area (TPSA) is 30.8 Å². The molecule has 0 fully saturated rings. The van der Waals surface area contributed by atoms with Gasteiger partial charge in [0.1, 0.15) is 0 Å². The van der Waals surface area contributed by atoms with E-state index in [0.29, 0.717) is 0 Å². The summed E-state index contributed by atoms with van der Waals surface area (Å²) < 4.78 is 42.6. The molecule has 0 aliphatic carbocycles. The highest BCUT2D eigenvalue weighted by molar-refractivity contribution is 6.69. The molecule has 0 spiro atoms. The first kappa shape index (κ1) is 13.5. The Morgan fingerprint density at radius 1 is 1.38 bits per heavy atom. The molecule has 0 aromatic heterocycles. The van der Waals surface area contributed by atoms with Crippen molar-refractivity contribution in [3.8, 4) is 0 Å². The monoisotopic (exact) mass is 255 g/mol. The van der Waals surface area contributed by atoms with Crippen molar-refractivity contribution in [3.05, 3.63) is 0 Å². The molecule has 0 aromatic rings. The fourth-order valence-corrected chi connectivity index (χ4v) is 2.28. The van der Waals surface area contributed by atoms with Crippen molar-refractivity contribution in [2.45, 2.75) is 45.5 Å². The van der Waals surface area contributed by atoms with Gasteiger partial charge in [-0.1, -0.05) is 12.1 Å². The van der Waals surface area contributed by atoms with Gasteiger partial charge in [0.25, 0.3) is 0 Å². The lowest BCUT2D eigenvalue weighted by molar-refractivity contribution is -0.136. The van der Waals surface area contributed by atoms with E-state index in [4.69, 9.17) is 9.26 Å². The maximum atomic E-state index is 12.3. The number of alkyl halides is 3. The fourth-order valence-electron chi connectivity index (χ4n) is 1.31. The smallest absolute Gasteiger partial charge is 0.382 e. The third-order valence-electron chi connectivity index (χ3n) is 2.04. The van der Waals surface area contributed by atoms with Crippen molar-refractivity contribution < 1.29 is 22.4 Å². The van der Waals surface area contributed by atoms with E-state index in [1.807, 2.05) is 19.6 Å². The van der Waals surface area contributed by atoms with Crippen LogP contribution in [0.4, 0.5) is 13.2 Å². The van der Waals surface area contributed by atoms with Crippen LogP contribution >= 0.6 is 0 Å². The van der Waals surface area contributed by atoms with Gasteiger partial charge in [0.15, 0.2) is 14.0 Å². The summed E-state index contributed by atoms with van der Waals surface area (Å²) in [5.74, 6) is -0.333. The van der Waals surface area contributed by atoms with Crippen LogP contribution in [0, 0.1) is 5.92 Å². The Labute approximate surface area is 93.7 Å². The van der Waals surface area contributed by atoms with Crippen molar-refractivity contribution in [1.29, 1.82) is 0 Å². The van der Waals surface area contributed by atoms with Crippen molar-refractivity contribution in [2.75, 3.05) is 0 Å². The summed E-state index contributed by atoms with van der Waals surface area (Å²) in [6.07, 6.45) is -5.21. The van der Waals surface area contributed by atoms with Crippen molar-refractivity contribution in [1.82, 2.24) is 0 Å². The number of rotatable bonds is 2. The summed E-state index contributed by atoms with van der Waals surface area (Å²) >= 11 is 0. The summed E-state index contributed by atoms with van der Waals surface area (Å²) in [6.45, 7) is 7.52. The summed E-state index contributed by atoms with van der Waals surface area (Å²) in [7, 11) is -1.83. The normalized spacial score (nSPS) is 27.3. The van der Waals surface area contributed by atoms with Crippen molar-refractivity contribution >= 4 is 14.0 Å². The van der Waals surface area contributed by atoms with Crippen molar-refractivity contribution in [3.63, 3.8) is 0 Å². The zero-order chi connectivity index (χ0) is 12.6.